The summed E-state index contributed by atoms with van der Waals surface area (Å²) in [6, 6.07) is 12.4. The minimum atomic E-state index is -4.08. The van der Waals surface area contributed by atoms with E-state index in [1.54, 1.807) is 31.2 Å². The molecule has 1 amide bonds. The van der Waals surface area contributed by atoms with Crippen LogP contribution in [-0.4, -0.2) is 65.7 Å². The van der Waals surface area contributed by atoms with Gasteiger partial charge in [-0.1, -0.05) is 18.2 Å². The van der Waals surface area contributed by atoms with Crippen molar-refractivity contribution in [3.63, 3.8) is 0 Å². The second-order valence-corrected chi connectivity index (χ2v) is 11.4. The highest BCUT2D eigenvalue weighted by Crippen LogP contribution is 2.37. The van der Waals surface area contributed by atoms with E-state index in [2.05, 4.69) is 10.4 Å². The van der Waals surface area contributed by atoms with Gasteiger partial charge in [0.05, 0.1) is 16.7 Å². The Bertz CT molecular complexity index is 1480. The van der Waals surface area contributed by atoms with Crippen molar-refractivity contribution in [2.75, 3.05) is 26.2 Å². The molecule has 2 aliphatic heterocycles. The molecule has 39 heavy (non-hydrogen) atoms. The van der Waals surface area contributed by atoms with Crippen LogP contribution >= 0.6 is 0 Å². The van der Waals surface area contributed by atoms with Crippen molar-refractivity contribution >= 4 is 21.6 Å². The van der Waals surface area contributed by atoms with E-state index in [1.807, 2.05) is 6.07 Å². The van der Waals surface area contributed by atoms with Crippen LogP contribution in [0.5, 0.6) is 11.6 Å². The number of nitro benzene ring substituents is 1. The topological polar surface area (TPSA) is 146 Å². The fourth-order valence-electron chi connectivity index (χ4n) is 4.72. The molecule has 0 aliphatic carbocycles. The van der Waals surface area contributed by atoms with Gasteiger partial charge >= 0.3 is 0 Å². The summed E-state index contributed by atoms with van der Waals surface area (Å²) in [6.07, 6.45) is 3.15. The fraction of sp³-hybridized carbons (Fsp3) is 0.385. The highest BCUT2D eigenvalue weighted by molar-refractivity contribution is 7.89. The molecule has 2 saturated heterocycles. The zero-order valence-electron chi connectivity index (χ0n) is 21.4. The number of benzene rings is 2. The lowest BCUT2D eigenvalue weighted by atomic mass is 10.2. The highest BCUT2D eigenvalue weighted by atomic mass is 32.2. The van der Waals surface area contributed by atoms with Crippen LogP contribution in [0.4, 0.5) is 5.69 Å². The Morgan fingerprint density at radius 1 is 1.18 bits per heavy atom. The third-order valence-electron chi connectivity index (χ3n) is 6.83. The standard InChI is InChI=1S/C26H29N5O7S/c1-18-24(25(32)27-17-21-10-7-15-37-21)28-30(19-8-3-2-4-9-19)26(18)38-22-12-11-20(31(33)34)16-23(22)39(35,36)29-13-5-6-14-29/h2-4,8-9,11-12,16,21H,5-7,10,13-15,17H2,1H3,(H,27,32)/t21-/m1/s1. The number of amides is 1. The third-order valence-corrected chi connectivity index (χ3v) is 8.75. The van der Waals surface area contributed by atoms with Crippen LogP contribution in [0.25, 0.3) is 5.69 Å². The number of nitrogens with one attached hydrogen (secondary N) is 1. The molecule has 1 N–H and O–H groups in total. The van der Waals surface area contributed by atoms with Crippen molar-refractivity contribution in [2.45, 2.75) is 43.6 Å². The van der Waals surface area contributed by atoms with Gasteiger partial charge in [0.1, 0.15) is 10.6 Å². The van der Waals surface area contributed by atoms with E-state index in [0.29, 0.717) is 50.3 Å². The predicted octanol–water partition coefficient (Wildman–Crippen LogP) is 3.57. The van der Waals surface area contributed by atoms with Gasteiger partial charge in [0.15, 0.2) is 5.69 Å². The summed E-state index contributed by atoms with van der Waals surface area (Å²) in [5.74, 6) is -0.398. The maximum atomic E-state index is 13.5. The average molecular weight is 556 g/mol. The van der Waals surface area contributed by atoms with E-state index >= 15 is 0 Å². The molecule has 0 saturated carbocycles. The first kappa shape index (κ1) is 26.8. The minimum absolute atomic E-state index is 0.0559. The number of aromatic nitrogens is 2. The Kier molecular flexibility index (Phi) is 7.64. The molecule has 0 bridgehead atoms. The van der Waals surface area contributed by atoms with Crippen molar-refractivity contribution in [3.8, 4) is 17.3 Å². The van der Waals surface area contributed by atoms with Gasteiger partial charge in [-0.25, -0.2) is 8.42 Å². The molecular formula is C26H29N5O7S. The van der Waals surface area contributed by atoms with Crippen LogP contribution in [0.3, 0.4) is 0 Å². The molecule has 2 aromatic carbocycles. The van der Waals surface area contributed by atoms with Crippen molar-refractivity contribution < 1.29 is 27.6 Å². The minimum Gasteiger partial charge on any atom is -0.437 e. The van der Waals surface area contributed by atoms with Gasteiger partial charge in [-0.2, -0.15) is 14.1 Å². The number of hydrogen-bond acceptors (Lipinski definition) is 8. The maximum Gasteiger partial charge on any atom is 0.272 e. The number of carbonyl (C=O) groups is 1. The summed E-state index contributed by atoms with van der Waals surface area (Å²) in [4.78, 5) is 23.6. The summed E-state index contributed by atoms with van der Waals surface area (Å²) in [7, 11) is -4.08. The highest BCUT2D eigenvalue weighted by Gasteiger charge is 2.33. The monoisotopic (exact) mass is 555 g/mol. The normalized spacial score (nSPS) is 17.8. The molecule has 0 unspecified atom stereocenters. The SMILES string of the molecule is Cc1c(C(=O)NC[C@H]2CCCO2)nn(-c2ccccc2)c1Oc1ccc([N+](=O)[O-])cc1S(=O)(=O)N1CCCC1. The van der Waals surface area contributed by atoms with E-state index in [0.717, 1.165) is 18.9 Å². The van der Waals surface area contributed by atoms with Gasteiger partial charge in [-0.3, -0.25) is 14.9 Å². The van der Waals surface area contributed by atoms with Crippen LogP contribution in [-0.2, 0) is 14.8 Å². The van der Waals surface area contributed by atoms with E-state index in [4.69, 9.17) is 9.47 Å². The fourth-order valence-corrected chi connectivity index (χ4v) is 6.37. The number of rotatable bonds is 9. The van der Waals surface area contributed by atoms with Crippen molar-refractivity contribution in [1.82, 2.24) is 19.4 Å². The van der Waals surface area contributed by atoms with Gasteiger partial charge in [-0.05, 0) is 50.8 Å². The molecule has 206 valence electrons. The number of nitrogens with zero attached hydrogens (tertiary/aromatic N) is 4. The average Bonchev–Trinajstić information content (AvgIpc) is 3.71. The van der Waals surface area contributed by atoms with Gasteiger partial charge in [0, 0.05) is 43.9 Å². The molecule has 3 heterocycles. The molecule has 13 heteroatoms. The second-order valence-electron chi connectivity index (χ2n) is 9.47. The van der Waals surface area contributed by atoms with Crippen molar-refractivity contribution in [1.29, 1.82) is 0 Å². The quantitative estimate of drug-likeness (QED) is 0.311. The number of para-hydroxylation sites is 1. The molecule has 2 fully saturated rings. The lowest BCUT2D eigenvalue weighted by molar-refractivity contribution is -0.385. The van der Waals surface area contributed by atoms with Crippen LogP contribution in [0.15, 0.2) is 53.4 Å². The smallest absolute Gasteiger partial charge is 0.272 e. The zero-order chi connectivity index (χ0) is 27.6. The number of nitro groups is 1. The summed E-state index contributed by atoms with van der Waals surface area (Å²) in [6.45, 7) is 3.30. The van der Waals surface area contributed by atoms with Crippen molar-refractivity contribution in [3.05, 3.63) is 69.9 Å². The molecule has 0 spiro atoms. The van der Waals surface area contributed by atoms with Gasteiger partial charge in [0.25, 0.3) is 11.6 Å². The number of non-ortho nitro benzene ring substituents is 1. The largest absolute Gasteiger partial charge is 0.437 e. The summed E-state index contributed by atoms with van der Waals surface area (Å²) in [5.41, 5.74) is 0.700. The zero-order valence-corrected chi connectivity index (χ0v) is 22.2. The number of hydrogen-bond donors (Lipinski definition) is 1. The van der Waals surface area contributed by atoms with E-state index in [1.165, 1.54) is 21.1 Å². The Balaban J connectivity index is 1.56. The Morgan fingerprint density at radius 2 is 1.92 bits per heavy atom. The number of carbonyl (C=O) groups excluding carboxylic acids is 1. The third kappa shape index (κ3) is 5.51. The molecule has 3 aromatic rings. The first-order valence-corrected chi connectivity index (χ1v) is 14.2. The van der Waals surface area contributed by atoms with Crippen LogP contribution in [0, 0.1) is 17.0 Å². The Labute approximate surface area is 225 Å². The Morgan fingerprint density at radius 3 is 2.59 bits per heavy atom. The van der Waals surface area contributed by atoms with Crippen LogP contribution < -0.4 is 10.1 Å². The van der Waals surface area contributed by atoms with Crippen LogP contribution in [0.2, 0.25) is 0 Å². The predicted molar refractivity (Wildman–Crippen MR) is 141 cm³/mol. The van der Waals surface area contributed by atoms with Gasteiger partial charge < -0.3 is 14.8 Å². The van der Waals surface area contributed by atoms with E-state index < -0.39 is 20.9 Å². The first-order valence-electron chi connectivity index (χ1n) is 12.8. The number of ether oxygens (including phenoxy) is 2. The molecular weight excluding hydrogens is 526 g/mol. The van der Waals surface area contributed by atoms with E-state index in [-0.39, 0.29) is 34.0 Å². The summed E-state index contributed by atoms with van der Waals surface area (Å²) >= 11 is 0. The maximum absolute atomic E-state index is 13.5. The van der Waals surface area contributed by atoms with Gasteiger partial charge in [-0.15, -0.1) is 0 Å². The molecule has 1 atom stereocenters. The molecule has 5 rings (SSSR count). The summed E-state index contributed by atoms with van der Waals surface area (Å²) < 4.78 is 41.5. The Hall–Kier alpha value is -3.81. The second kappa shape index (κ2) is 11.1. The number of sulfonamides is 1. The van der Waals surface area contributed by atoms with Crippen LogP contribution in [0.1, 0.15) is 41.7 Å². The molecule has 0 radical (unpaired) electrons. The molecule has 1 aromatic heterocycles. The summed E-state index contributed by atoms with van der Waals surface area (Å²) in [5, 5.41) is 18.9. The van der Waals surface area contributed by atoms with E-state index in [9.17, 15) is 23.3 Å². The molecule has 12 nitrogen and oxygen atoms in total. The lowest BCUT2D eigenvalue weighted by Gasteiger charge is -2.18. The van der Waals surface area contributed by atoms with Gasteiger partial charge in [0.2, 0.25) is 15.9 Å². The first-order chi connectivity index (χ1) is 18.8. The lowest BCUT2D eigenvalue weighted by Crippen LogP contribution is -2.32. The van der Waals surface area contributed by atoms with Crippen molar-refractivity contribution in [2.24, 2.45) is 0 Å². The molecule has 2 aliphatic rings.